The van der Waals surface area contributed by atoms with E-state index in [1.54, 1.807) is 0 Å². The second-order valence-corrected chi connectivity index (χ2v) is 7.51. The Balaban J connectivity index is 1.81. The molecule has 0 bridgehead atoms. The van der Waals surface area contributed by atoms with Crippen LogP contribution in [0.25, 0.3) is 0 Å². The van der Waals surface area contributed by atoms with Gasteiger partial charge in [-0.3, -0.25) is 14.9 Å². The Morgan fingerprint density at radius 3 is 2.92 bits per heavy atom. The van der Waals surface area contributed by atoms with Crippen molar-refractivity contribution in [3.05, 3.63) is 58.7 Å². The fourth-order valence-electron chi connectivity index (χ4n) is 4.00. The van der Waals surface area contributed by atoms with E-state index in [1.165, 1.54) is 53.8 Å². The predicted molar refractivity (Wildman–Crippen MR) is 107 cm³/mol. The average molecular weight is 353 g/mol. The summed E-state index contributed by atoms with van der Waals surface area (Å²) >= 11 is 0. The highest BCUT2D eigenvalue weighted by Crippen LogP contribution is 2.34. The Morgan fingerprint density at radius 2 is 2.12 bits per heavy atom. The SMILES string of the molecule is CNCCCCN(Cc1ncc(C)cc1C)C1CCCc2cccnc21. The maximum atomic E-state index is 4.77. The van der Waals surface area contributed by atoms with Crippen molar-refractivity contribution in [3.8, 4) is 0 Å². The number of nitrogens with one attached hydrogen (secondary N) is 1. The van der Waals surface area contributed by atoms with Crippen molar-refractivity contribution in [1.29, 1.82) is 0 Å². The van der Waals surface area contributed by atoms with Gasteiger partial charge in [-0.15, -0.1) is 0 Å². The number of hydrogen-bond acceptors (Lipinski definition) is 4. The van der Waals surface area contributed by atoms with E-state index < -0.39 is 0 Å². The van der Waals surface area contributed by atoms with Gasteiger partial charge in [-0.1, -0.05) is 12.1 Å². The van der Waals surface area contributed by atoms with Crippen molar-refractivity contribution in [2.24, 2.45) is 0 Å². The van der Waals surface area contributed by atoms with E-state index in [9.17, 15) is 0 Å². The third-order valence-corrected chi connectivity index (χ3v) is 5.40. The lowest BCUT2D eigenvalue weighted by molar-refractivity contribution is 0.160. The molecular weight excluding hydrogens is 320 g/mol. The highest BCUT2D eigenvalue weighted by molar-refractivity contribution is 5.27. The van der Waals surface area contributed by atoms with Gasteiger partial charge in [0.2, 0.25) is 0 Å². The Hall–Kier alpha value is -1.78. The Morgan fingerprint density at radius 1 is 1.23 bits per heavy atom. The maximum Gasteiger partial charge on any atom is 0.0607 e. The van der Waals surface area contributed by atoms with Crippen LogP contribution in [0.4, 0.5) is 0 Å². The molecule has 0 aromatic carbocycles. The van der Waals surface area contributed by atoms with Crippen molar-refractivity contribution in [2.45, 2.75) is 58.5 Å². The van der Waals surface area contributed by atoms with E-state index in [-0.39, 0.29) is 0 Å². The summed E-state index contributed by atoms with van der Waals surface area (Å²) < 4.78 is 0. The maximum absolute atomic E-state index is 4.77. The summed E-state index contributed by atoms with van der Waals surface area (Å²) in [5.74, 6) is 0. The molecule has 0 spiro atoms. The number of aryl methyl sites for hydroxylation is 3. The van der Waals surface area contributed by atoms with Crippen LogP contribution in [0.3, 0.4) is 0 Å². The predicted octanol–water partition coefficient (Wildman–Crippen LogP) is 3.97. The molecule has 4 heteroatoms. The molecule has 140 valence electrons. The third-order valence-electron chi connectivity index (χ3n) is 5.40. The summed E-state index contributed by atoms with van der Waals surface area (Å²) in [7, 11) is 2.03. The summed E-state index contributed by atoms with van der Waals surface area (Å²) in [6.07, 6.45) is 9.95. The minimum absolute atomic E-state index is 0.414. The largest absolute Gasteiger partial charge is 0.320 e. The van der Waals surface area contributed by atoms with Gasteiger partial charge < -0.3 is 5.32 Å². The van der Waals surface area contributed by atoms with Gasteiger partial charge in [0.15, 0.2) is 0 Å². The number of fused-ring (bicyclic) bond motifs is 1. The minimum Gasteiger partial charge on any atom is -0.320 e. The van der Waals surface area contributed by atoms with Crippen LogP contribution in [-0.2, 0) is 13.0 Å². The van der Waals surface area contributed by atoms with Crippen LogP contribution in [0.15, 0.2) is 30.6 Å². The molecular formula is C22H32N4. The first-order valence-corrected chi connectivity index (χ1v) is 9.93. The molecule has 1 atom stereocenters. The summed E-state index contributed by atoms with van der Waals surface area (Å²) in [5, 5.41) is 3.26. The van der Waals surface area contributed by atoms with Crippen LogP contribution in [0.5, 0.6) is 0 Å². The van der Waals surface area contributed by atoms with Gasteiger partial charge in [-0.2, -0.15) is 0 Å². The number of unbranched alkanes of at least 4 members (excludes halogenated alkanes) is 1. The van der Waals surface area contributed by atoms with Crippen LogP contribution in [-0.4, -0.2) is 35.0 Å². The normalized spacial score (nSPS) is 16.7. The third kappa shape index (κ3) is 4.68. The molecule has 26 heavy (non-hydrogen) atoms. The van der Waals surface area contributed by atoms with Crippen molar-refractivity contribution >= 4 is 0 Å². The van der Waals surface area contributed by atoms with Gasteiger partial charge in [-0.25, -0.2) is 0 Å². The highest BCUT2D eigenvalue weighted by atomic mass is 15.2. The first kappa shape index (κ1) is 19.0. The van der Waals surface area contributed by atoms with Gasteiger partial charge in [0.1, 0.15) is 0 Å². The van der Waals surface area contributed by atoms with Crippen molar-refractivity contribution < 1.29 is 0 Å². The van der Waals surface area contributed by atoms with Crippen molar-refractivity contribution in [2.75, 3.05) is 20.1 Å². The average Bonchev–Trinajstić information content (AvgIpc) is 2.65. The summed E-state index contributed by atoms with van der Waals surface area (Å²) in [5.41, 5.74) is 6.45. The van der Waals surface area contributed by atoms with Gasteiger partial charge in [0, 0.05) is 18.9 Å². The number of aromatic nitrogens is 2. The standard InChI is InChI=1S/C22H32N4/c1-17-14-18(2)20(25-15-17)16-26(13-5-4-11-23-3)21-10-6-8-19-9-7-12-24-22(19)21/h7,9,12,14-15,21,23H,4-6,8,10-11,13,16H2,1-3H3. The number of rotatable bonds is 8. The van der Waals surface area contributed by atoms with E-state index in [4.69, 9.17) is 9.97 Å². The molecule has 2 heterocycles. The van der Waals surface area contributed by atoms with Crippen LogP contribution >= 0.6 is 0 Å². The first-order valence-electron chi connectivity index (χ1n) is 9.93. The summed E-state index contributed by atoms with van der Waals surface area (Å²) in [4.78, 5) is 12.1. The molecule has 0 radical (unpaired) electrons. The number of hydrogen-bond donors (Lipinski definition) is 1. The zero-order valence-corrected chi connectivity index (χ0v) is 16.5. The zero-order valence-electron chi connectivity index (χ0n) is 16.5. The fourth-order valence-corrected chi connectivity index (χ4v) is 4.00. The van der Waals surface area contributed by atoms with E-state index in [0.29, 0.717) is 6.04 Å². The Bertz CT molecular complexity index is 713. The van der Waals surface area contributed by atoms with Crippen LogP contribution in [0.1, 0.15) is 59.8 Å². The van der Waals surface area contributed by atoms with Crippen LogP contribution in [0, 0.1) is 13.8 Å². The molecule has 1 aliphatic carbocycles. The number of pyridine rings is 2. The molecule has 3 rings (SSSR count). The minimum atomic E-state index is 0.414. The Labute approximate surface area is 158 Å². The quantitative estimate of drug-likeness (QED) is 0.730. The highest BCUT2D eigenvalue weighted by Gasteiger charge is 2.27. The smallest absolute Gasteiger partial charge is 0.0607 e. The van der Waals surface area contributed by atoms with E-state index in [2.05, 4.69) is 42.3 Å². The summed E-state index contributed by atoms with van der Waals surface area (Å²) in [6.45, 7) is 7.38. The second-order valence-electron chi connectivity index (χ2n) is 7.51. The van der Waals surface area contributed by atoms with Crippen molar-refractivity contribution in [1.82, 2.24) is 20.2 Å². The van der Waals surface area contributed by atoms with E-state index in [1.807, 2.05) is 19.4 Å². The molecule has 0 saturated heterocycles. The lowest BCUT2D eigenvalue weighted by atomic mass is 9.90. The molecule has 0 saturated carbocycles. The molecule has 0 amide bonds. The zero-order chi connectivity index (χ0) is 18.4. The molecule has 0 fully saturated rings. The van der Waals surface area contributed by atoms with Crippen molar-refractivity contribution in [3.63, 3.8) is 0 Å². The molecule has 1 unspecified atom stereocenters. The molecule has 1 aliphatic rings. The first-order chi connectivity index (χ1) is 12.7. The van der Waals surface area contributed by atoms with E-state index >= 15 is 0 Å². The summed E-state index contributed by atoms with van der Waals surface area (Å²) in [6, 6.07) is 6.99. The lowest BCUT2D eigenvalue weighted by Crippen LogP contribution is -2.33. The van der Waals surface area contributed by atoms with Gasteiger partial charge >= 0.3 is 0 Å². The molecule has 2 aromatic rings. The fraction of sp³-hybridized carbons (Fsp3) is 0.545. The Kier molecular flexibility index (Phi) is 6.75. The second kappa shape index (κ2) is 9.24. The lowest BCUT2D eigenvalue weighted by Gasteiger charge is -2.35. The monoisotopic (exact) mass is 352 g/mol. The van der Waals surface area contributed by atoms with Crippen LogP contribution in [0.2, 0.25) is 0 Å². The van der Waals surface area contributed by atoms with Gasteiger partial charge in [-0.05, 0) is 88.8 Å². The van der Waals surface area contributed by atoms with E-state index in [0.717, 1.165) is 26.1 Å². The number of nitrogens with zero attached hydrogens (tertiary/aromatic N) is 3. The molecule has 4 nitrogen and oxygen atoms in total. The molecule has 1 N–H and O–H groups in total. The molecule has 2 aromatic heterocycles. The van der Waals surface area contributed by atoms with Crippen LogP contribution < -0.4 is 5.32 Å². The molecule has 0 aliphatic heterocycles. The van der Waals surface area contributed by atoms with Gasteiger partial charge in [0.05, 0.1) is 17.4 Å². The van der Waals surface area contributed by atoms with Gasteiger partial charge in [0.25, 0.3) is 0 Å². The topological polar surface area (TPSA) is 41.0 Å².